The summed E-state index contributed by atoms with van der Waals surface area (Å²) in [7, 11) is 0.411. The van der Waals surface area contributed by atoms with Crippen molar-refractivity contribution in [1.82, 2.24) is 0 Å². The van der Waals surface area contributed by atoms with Crippen LogP contribution >= 0.6 is 8.81 Å². The minimum Gasteiger partial charge on any atom is -0.472 e. The lowest BCUT2D eigenvalue weighted by Crippen LogP contribution is -2.10. The Hall–Kier alpha value is -1.53. The summed E-state index contributed by atoms with van der Waals surface area (Å²) >= 11 is 0. The molecule has 0 amide bonds. The molecule has 3 heteroatoms. The van der Waals surface area contributed by atoms with Crippen LogP contribution < -0.4 is 15.1 Å². The first kappa shape index (κ1) is 11.6. The molecular weight excluding hydrogens is 241 g/mol. The van der Waals surface area contributed by atoms with Crippen molar-refractivity contribution in [2.24, 2.45) is 0 Å². The molecule has 1 aliphatic heterocycles. The van der Waals surface area contributed by atoms with Crippen molar-refractivity contribution in [2.75, 3.05) is 11.9 Å². The maximum Gasteiger partial charge on any atom is 0.133 e. The average molecular weight is 257 g/mol. The van der Waals surface area contributed by atoms with Gasteiger partial charge in [-0.25, -0.2) is 0 Å². The Bertz CT molecular complexity index is 568. The fraction of sp³-hybridized carbons (Fsp3) is 0.200. The van der Waals surface area contributed by atoms with Gasteiger partial charge in [-0.05, 0) is 24.1 Å². The molecule has 92 valence electrons. The summed E-state index contributed by atoms with van der Waals surface area (Å²) in [6.45, 7) is 3.16. The minimum atomic E-state index is 0.411. The molecule has 2 aromatic carbocycles. The number of anilines is 1. The highest BCUT2D eigenvalue weighted by Crippen LogP contribution is 2.43. The zero-order chi connectivity index (χ0) is 12.4. The van der Waals surface area contributed by atoms with Crippen molar-refractivity contribution in [3.63, 3.8) is 0 Å². The highest BCUT2D eigenvalue weighted by molar-refractivity contribution is 7.43. The summed E-state index contributed by atoms with van der Waals surface area (Å²) in [6, 6.07) is 14.7. The molecule has 1 atom stereocenters. The van der Waals surface area contributed by atoms with Crippen LogP contribution in [-0.2, 0) is 0 Å². The lowest BCUT2D eigenvalue weighted by molar-refractivity contribution is 0.638. The maximum absolute atomic E-state index is 5.86. The first-order chi connectivity index (χ1) is 8.90. The first-order valence-corrected chi connectivity index (χ1v) is 7.20. The normalized spacial score (nSPS) is 13.6. The van der Waals surface area contributed by atoms with E-state index in [-0.39, 0.29) is 0 Å². The average Bonchev–Trinajstić information content (AvgIpc) is 2.44. The second kappa shape index (κ2) is 4.99. The van der Waals surface area contributed by atoms with Gasteiger partial charge in [-0.3, -0.25) is 0 Å². The summed E-state index contributed by atoms with van der Waals surface area (Å²) in [5.41, 5.74) is 3.68. The van der Waals surface area contributed by atoms with E-state index in [1.165, 1.54) is 22.1 Å². The topological polar surface area (TPSA) is 21.3 Å². The van der Waals surface area contributed by atoms with E-state index in [4.69, 9.17) is 4.52 Å². The Morgan fingerprint density at radius 3 is 2.89 bits per heavy atom. The molecule has 2 aromatic rings. The van der Waals surface area contributed by atoms with Gasteiger partial charge in [0.2, 0.25) is 0 Å². The van der Waals surface area contributed by atoms with Crippen LogP contribution in [0.2, 0.25) is 0 Å². The molecule has 18 heavy (non-hydrogen) atoms. The smallest absolute Gasteiger partial charge is 0.133 e. The van der Waals surface area contributed by atoms with Gasteiger partial charge < -0.3 is 9.84 Å². The number of hydrogen-bond acceptors (Lipinski definition) is 2. The molecule has 0 saturated carbocycles. The van der Waals surface area contributed by atoms with E-state index in [2.05, 4.69) is 54.7 Å². The highest BCUT2D eigenvalue weighted by atomic mass is 31.1. The lowest BCUT2D eigenvalue weighted by atomic mass is 10.0. The van der Waals surface area contributed by atoms with Crippen molar-refractivity contribution in [1.29, 1.82) is 0 Å². The molecule has 0 saturated heterocycles. The lowest BCUT2D eigenvalue weighted by Gasteiger charge is -2.23. The summed E-state index contributed by atoms with van der Waals surface area (Å²) in [5.74, 6) is 0.994. The molecule has 1 unspecified atom stereocenters. The Balaban J connectivity index is 2.12. The van der Waals surface area contributed by atoms with Gasteiger partial charge in [-0.15, -0.1) is 0 Å². The predicted molar refractivity (Wildman–Crippen MR) is 79.2 cm³/mol. The van der Waals surface area contributed by atoms with Crippen LogP contribution in [0.1, 0.15) is 13.3 Å². The molecule has 1 N–H and O–H groups in total. The van der Waals surface area contributed by atoms with Crippen LogP contribution in [0.15, 0.2) is 42.5 Å². The molecule has 0 aromatic heterocycles. The van der Waals surface area contributed by atoms with Crippen LogP contribution in [-0.4, -0.2) is 6.54 Å². The summed E-state index contributed by atoms with van der Waals surface area (Å²) in [6.07, 6.45) is 1.12. The van der Waals surface area contributed by atoms with Gasteiger partial charge in [0.05, 0.1) is 0 Å². The van der Waals surface area contributed by atoms with Crippen molar-refractivity contribution in [3.05, 3.63) is 42.5 Å². The van der Waals surface area contributed by atoms with Gasteiger partial charge >= 0.3 is 0 Å². The Labute approximate surface area is 109 Å². The molecule has 2 nitrogen and oxygen atoms in total. The summed E-state index contributed by atoms with van der Waals surface area (Å²) in [5, 5.41) is 4.77. The van der Waals surface area contributed by atoms with Gasteiger partial charge in [-0.2, -0.15) is 0 Å². The Kier molecular flexibility index (Phi) is 3.21. The SMILES string of the molecule is CCCNc1cccc2c1-c1ccccc1PO2. The molecule has 1 aliphatic rings. The van der Waals surface area contributed by atoms with Crippen molar-refractivity contribution < 1.29 is 4.52 Å². The van der Waals surface area contributed by atoms with E-state index in [9.17, 15) is 0 Å². The van der Waals surface area contributed by atoms with Crippen LogP contribution in [0.25, 0.3) is 11.1 Å². The molecule has 0 radical (unpaired) electrons. The zero-order valence-corrected chi connectivity index (χ0v) is 11.4. The van der Waals surface area contributed by atoms with E-state index in [0.717, 1.165) is 18.7 Å². The minimum absolute atomic E-state index is 0.411. The van der Waals surface area contributed by atoms with Crippen LogP contribution in [0.3, 0.4) is 0 Å². The van der Waals surface area contributed by atoms with Crippen LogP contribution in [0.5, 0.6) is 5.75 Å². The Morgan fingerprint density at radius 1 is 1.11 bits per heavy atom. The fourth-order valence-electron chi connectivity index (χ4n) is 2.20. The van der Waals surface area contributed by atoms with Gasteiger partial charge in [0, 0.05) is 23.1 Å². The quantitative estimate of drug-likeness (QED) is 0.845. The molecule has 0 bridgehead atoms. The van der Waals surface area contributed by atoms with E-state index in [1.54, 1.807) is 0 Å². The van der Waals surface area contributed by atoms with Gasteiger partial charge in [0.15, 0.2) is 0 Å². The molecular formula is C15H16NOP. The molecule has 3 rings (SSSR count). The molecule has 0 aliphatic carbocycles. The van der Waals surface area contributed by atoms with E-state index >= 15 is 0 Å². The summed E-state index contributed by atoms with van der Waals surface area (Å²) in [4.78, 5) is 0. The van der Waals surface area contributed by atoms with Crippen LogP contribution in [0.4, 0.5) is 5.69 Å². The van der Waals surface area contributed by atoms with Crippen molar-refractivity contribution in [3.8, 4) is 16.9 Å². The van der Waals surface area contributed by atoms with Gasteiger partial charge in [0.1, 0.15) is 14.6 Å². The third-order valence-corrected chi connectivity index (χ3v) is 4.04. The first-order valence-electron chi connectivity index (χ1n) is 6.29. The third kappa shape index (κ3) is 1.97. The standard InChI is InChI=1S/C15H16NOP/c1-2-10-16-12-7-5-8-13-15(12)11-6-3-4-9-14(11)18-17-13/h3-9,16,18H,2,10H2,1H3. The monoisotopic (exact) mass is 257 g/mol. The number of rotatable bonds is 3. The van der Waals surface area contributed by atoms with Crippen LogP contribution in [0, 0.1) is 0 Å². The summed E-state index contributed by atoms with van der Waals surface area (Å²) < 4.78 is 5.86. The van der Waals surface area contributed by atoms with E-state index in [1.807, 2.05) is 0 Å². The molecule has 1 heterocycles. The largest absolute Gasteiger partial charge is 0.472 e. The van der Waals surface area contributed by atoms with Crippen molar-refractivity contribution >= 4 is 19.8 Å². The maximum atomic E-state index is 5.86. The molecule has 0 fully saturated rings. The highest BCUT2D eigenvalue weighted by Gasteiger charge is 2.19. The number of nitrogens with one attached hydrogen (secondary N) is 1. The Morgan fingerprint density at radius 2 is 2.00 bits per heavy atom. The number of fused-ring (bicyclic) bond motifs is 3. The number of hydrogen-bond donors (Lipinski definition) is 1. The molecule has 0 spiro atoms. The van der Waals surface area contributed by atoms with E-state index in [0.29, 0.717) is 8.81 Å². The second-order valence-corrected chi connectivity index (χ2v) is 5.30. The number of benzene rings is 2. The third-order valence-electron chi connectivity index (χ3n) is 3.06. The van der Waals surface area contributed by atoms with E-state index < -0.39 is 0 Å². The van der Waals surface area contributed by atoms with Gasteiger partial charge in [-0.1, -0.05) is 37.3 Å². The fourth-order valence-corrected chi connectivity index (χ4v) is 3.07. The van der Waals surface area contributed by atoms with Crippen molar-refractivity contribution in [2.45, 2.75) is 13.3 Å². The predicted octanol–water partition coefficient (Wildman–Crippen LogP) is 3.79. The zero-order valence-electron chi connectivity index (χ0n) is 10.4. The second-order valence-electron chi connectivity index (χ2n) is 4.36. The van der Waals surface area contributed by atoms with Gasteiger partial charge in [0.25, 0.3) is 0 Å².